The van der Waals surface area contributed by atoms with Crippen LogP contribution in [0.4, 0.5) is 4.79 Å². The van der Waals surface area contributed by atoms with Crippen LogP contribution < -0.4 is 10.1 Å². The minimum Gasteiger partial charge on any atom is -0.494 e. The van der Waals surface area contributed by atoms with Gasteiger partial charge in [0.1, 0.15) is 5.75 Å². The first-order chi connectivity index (χ1) is 14.4. The number of aryl methyl sites for hydroxylation is 2. The van der Waals surface area contributed by atoms with E-state index in [4.69, 9.17) is 4.74 Å². The lowest BCUT2D eigenvalue weighted by Gasteiger charge is -2.34. The van der Waals surface area contributed by atoms with Gasteiger partial charge in [0.25, 0.3) is 0 Å². The Labute approximate surface area is 178 Å². The largest absolute Gasteiger partial charge is 0.494 e. The summed E-state index contributed by atoms with van der Waals surface area (Å²) in [7, 11) is -3.52. The smallest absolute Gasteiger partial charge is 0.317 e. The standard InChI is InChI=1S/C22H29N3O4S/c1-18-4-8-20(9-5-18)29-17-3-12-23-22(26)24-13-15-25(16-14-24)30(27,28)21-10-6-19(2)7-11-21/h4-11H,3,12-17H2,1-2H3,(H,23,26). The van der Waals surface area contributed by atoms with E-state index in [0.29, 0.717) is 50.6 Å². The van der Waals surface area contributed by atoms with Crippen LogP contribution in [0.5, 0.6) is 5.75 Å². The predicted molar refractivity (Wildman–Crippen MR) is 116 cm³/mol. The van der Waals surface area contributed by atoms with Crippen molar-refractivity contribution in [2.45, 2.75) is 25.2 Å². The van der Waals surface area contributed by atoms with Gasteiger partial charge in [-0.15, -0.1) is 0 Å². The summed E-state index contributed by atoms with van der Waals surface area (Å²) in [6.07, 6.45) is 0.696. The van der Waals surface area contributed by atoms with Crippen molar-refractivity contribution in [2.24, 2.45) is 0 Å². The number of sulfonamides is 1. The number of hydrogen-bond donors (Lipinski definition) is 1. The Morgan fingerprint density at radius 2 is 1.50 bits per heavy atom. The van der Waals surface area contributed by atoms with Crippen LogP contribution in [0, 0.1) is 13.8 Å². The van der Waals surface area contributed by atoms with Crippen LogP contribution >= 0.6 is 0 Å². The van der Waals surface area contributed by atoms with Crippen molar-refractivity contribution in [3.8, 4) is 5.75 Å². The topological polar surface area (TPSA) is 79.0 Å². The fourth-order valence-electron chi connectivity index (χ4n) is 3.19. The first-order valence-corrected chi connectivity index (χ1v) is 11.6. The molecule has 1 aliphatic rings. The average Bonchev–Trinajstić information content (AvgIpc) is 2.75. The summed E-state index contributed by atoms with van der Waals surface area (Å²) in [5.41, 5.74) is 2.20. The maximum atomic E-state index is 12.7. The molecule has 0 bridgehead atoms. The molecule has 0 unspecified atom stereocenters. The Bertz CT molecular complexity index is 935. The van der Waals surface area contributed by atoms with Gasteiger partial charge in [-0.1, -0.05) is 35.4 Å². The molecule has 2 aromatic rings. The minimum atomic E-state index is -3.52. The number of nitrogens with zero attached hydrogens (tertiary/aromatic N) is 2. The summed E-state index contributed by atoms with van der Waals surface area (Å²) in [6, 6.07) is 14.5. The van der Waals surface area contributed by atoms with Crippen molar-refractivity contribution < 1.29 is 17.9 Å². The van der Waals surface area contributed by atoms with Gasteiger partial charge < -0.3 is 15.0 Å². The molecule has 0 radical (unpaired) electrons. The van der Waals surface area contributed by atoms with E-state index < -0.39 is 10.0 Å². The van der Waals surface area contributed by atoms with Gasteiger partial charge in [-0.05, 0) is 44.5 Å². The molecule has 3 rings (SSSR count). The summed E-state index contributed by atoms with van der Waals surface area (Å²) in [4.78, 5) is 14.3. The molecule has 8 heteroatoms. The van der Waals surface area contributed by atoms with Crippen LogP contribution in [0.3, 0.4) is 0 Å². The van der Waals surface area contributed by atoms with Gasteiger partial charge in [-0.2, -0.15) is 4.31 Å². The van der Waals surface area contributed by atoms with Gasteiger partial charge in [0, 0.05) is 32.7 Å². The molecule has 1 heterocycles. The third-order valence-electron chi connectivity index (χ3n) is 5.07. The van der Waals surface area contributed by atoms with E-state index in [-0.39, 0.29) is 6.03 Å². The number of piperazine rings is 1. The fourth-order valence-corrected chi connectivity index (χ4v) is 4.62. The van der Waals surface area contributed by atoms with Crippen LogP contribution in [0.1, 0.15) is 17.5 Å². The number of ether oxygens (including phenoxy) is 1. The average molecular weight is 432 g/mol. The minimum absolute atomic E-state index is 0.169. The predicted octanol–water partition coefficient (Wildman–Crippen LogP) is 2.79. The highest BCUT2D eigenvalue weighted by Crippen LogP contribution is 2.18. The molecule has 7 nitrogen and oxygen atoms in total. The van der Waals surface area contributed by atoms with Crippen LogP contribution in [0.25, 0.3) is 0 Å². The summed E-state index contributed by atoms with van der Waals surface area (Å²) < 4.78 is 32.6. The van der Waals surface area contributed by atoms with Crippen molar-refractivity contribution in [1.82, 2.24) is 14.5 Å². The highest BCUT2D eigenvalue weighted by molar-refractivity contribution is 7.89. The zero-order chi connectivity index (χ0) is 21.6. The molecule has 0 atom stereocenters. The third-order valence-corrected chi connectivity index (χ3v) is 6.98. The van der Waals surface area contributed by atoms with E-state index in [0.717, 1.165) is 11.3 Å². The van der Waals surface area contributed by atoms with Gasteiger partial charge in [0.15, 0.2) is 0 Å². The second-order valence-corrected chi connectivity index (χ2v) is 9.39. The van der Waals surface area contributed by atoms with Crippen molar-refractivity contribution in [3.63, 3.8) is 0 Å². The molecule has 0 saturated carbocycles. The number of urea groups is 1. The Balaban J connectivity index is 1.38. The summed E-state index contributed by atoms with van der Waals surface area (Å²) in [5, 5.41) is 2.88. The normalized spacial score (nSPS) is 15.1. The molecule has 162 valence electrons. The zero-order valence-electron chi connectivity index (χ0n) is 17.5. The summed E-state index contributed by atoms with van der Waals surface area (Å²) in [6.45, 7) is 6.30. The second kappa shape index (κ2) is 9.95. The molecule has 1 N–H and O–H groups in total. The maximum Gasteiger partial charge on any atom is 0.317 e. The van der Waals surface area contributed by atoms with Gasteiger partial charge in [-0.25, -0.2) is 13.2 Å². The Hall–Kier alpha value is -2.58. The maximum absolute atomic E-state index is 12.7. The molecule has 1 fully saturated rings. The van der Waals surface area contributed by atoms with Crippen molar-refractivity contribution >= 4 is 16.1 Å². The first kappa shape index (κ1) is 22.1. The number of amides is 2. The van der Waals surface area contributed by atoms with Crippen LogP contribution in [-0.2, 0) is 10.0 Å². The Morgan fingerprint density at radius 1 is 0.933 bits per heavy atom. The number of hydrogen-bond acceptors (Lipinski definition) is 4. The number of carbonyl (C=O) groups excluding carboxylic acids is 1. The molecule has 30 heavy (non-hydrogen) atoms. The van der Waals surface area contributed by atoms with E-state index in [2.05, 4.69) is 5.32 Å². The van der Waals surface area contributed by atoms with Crippen molar-refractivity contribution in [3.05, 3.63) is 59.7 Å². The van der Waals surface area contributed by atoms with E-state index in [1.165, 1.54) is 9.87 Å². The molecule has 2 amide bonds. The van der Waals surface area contributed by atoms with Gasteiger partial charge in [-0.3, -0.25) is 0 Å². The second-order valence-electron chi connectivity index (χ2n) is 7.45. The van der Waals surface area contributed by atoms with Crippen LogP contribution in [0.15, 0.2) is 53.4 Å². The molecule has 1 aliphatic heterocycles. The Kier molecular flexibility index (Phi) is 7.33. The third kappa shape index (κ3) is 5.73. The molecular formula is C22H29N3O4S. The van der Waals surface area contributed by atoms with Gasteiger partial charge >= 0.3 is 6.03 Å². The molecule has 2 aromatic carbocycles. The number of rotatable bonds is 7. The molecule has 0 spiro atoms. The fraction of sp³-hybridized carbons (Fsp3) is 0.409. The van der Waals surface area contributed by atoms with E-state index in [9.17, 15) is 13.2 Å². The van der Waals surface area contributed by atoms with Crippen molar-refractivity contribution in [2.75, 3.05) is 39.3 Å². The number of nitrogens with one attached hydrogen (secondary N) is 1. The summed E-state index contributed by atoms with van der Waals surface area (Å²) >= 11 is 0. The lowest BCUT2D eigenvalue weighted by molar-refractivity contribution is 0.171. The van der Waals surface area contributed by atoms with Gasteiger partial charge in [0.05, 0.1) is 11.5 Å². The quantitative estimate of drug-likeness (QED) is 0.684. The van der Waals surface area contributed by atoms with E-state index >= 15 is 0 Å². The van der Waals surface area contributed by atoms with Crippen LogP contribution in [-0.4, -0.2) is 63.0 Å². The number of benzene rings is 2. The van der Waals surface area contributed by atoms with Crippen molar-refractivity contribution in [1.29, 1.82) is 0 Å². The molecular weight excluding hydrogens is 402 g/mol. The molecule has 1 saturated heterocycles. The highest BCUT2D eigenvalue weighted by atomic mass is 32.2. The summed E-state index contributed by atoms with van der Waals surface area (Å²) in [5.74, 6) is 0.817. The van der Waals surface area contributed by atoms with E-state index in [1.807, 2.05) is 38.1 Å². The molecule has 0 aliphatic carbocycles. The SMILES string of the molecule is Cc1ccc(OCCCNC(=O)N2CCN(S(=O)(=O)c3ccc(C)cc3)CC2)cc1. The van der Waals surface area contributed by atoms with Gasteiger partial charge in [0.2, 0.25) is 10.0 Å². The number of carbonyl (C=O) groups is 1. The monoisotopic (exact) mass is 431 g/mol. The zero-order valence-corrected chi connectivity index (χ0v) is 18.3. The van der Waals surface area contributed by atoms with E-state index in [1.54, 1.807) is 29.2 Å². The van der Waals surface area contributed by atoms with Crippen LogP contribution in [0.2, 0.25) is 0 Å². The Morgan fingerprint density at radius 3 is 2.10 bits per heavy atom. The lowest BCUT2D eigenvalue weighted by atomic mass is 10.2. The highest BCUT2D eigenvalue weighted by Gasteiger charge is 2.29. The molecule has 0 aromatic heterocycles. The lowest BCUT2D eigenvalue weighted by Crippen LogP contribution is -2.53. The first-order valence-electron chi connectivity index (χ1n) is 10.2.